The first kappa shape index (κ1) is 24.0. The van der Waals surface area contributed by atoms with E-state index in [-0.39, 0.29) is 17.7 Å². The Morgan fingerprint density at radius 3 is 2.70 bits per heavy atom. The maximum atomic E-state index is 12.8. The van der Waals surface area contributed by atoms with Crippen LogP contribution in [-0.2, 0) is 22.4 Å². The molecule has 0 radical (unpaired) electrons. The maximum Gasteiger partial charge on any atom is 0.341 e. The quantitative estimate of drug-likeness (QED) is 0.309. The van der Waals surface area contributed by atoms with Crippen LogP contribution >= 0.6 is 34.4 Å². The van der Waals surface area contributed by atoms with Gasteiger partial charge in [0.05, 0.1) is 18.4 Å². The third-order valence-corrected chi connectivity index (χ3v) is 8.91. The molecule has 1 aliphatic carbocycles. The van der Waals surface area contributed by atoms with Crippen LogP contribution in [0.1, 0.15) is 71.8 Å². The van der Waals surface area contributed by atoms with Gasteiger partial charge in [0.25, 0.3) is 0 Å². The molecule has 3 aromatic rings. The van der Waals surface area contributed by atoms with Crippen LogP contribution in [0.2, 0.25) is 0 Å². The molecule has 176 valence electrons. The molecule has 0 fully saturated rings. The molecular weight excluding hydrogens is 476 g/mol. The predicted molar refractivity (Wildman–Crippen MR) is 135 cm³/mol. The van der Waals surface area contributed by atoms with Crippen molar-refractivity contribution in [1.82, 2.24) is 14.8 Å². The first-order chi connectivity index (χ1) is 15.8. The van der Waals surface area contributed by atoms with E-state index in [9.17, 15) is 9.59 Å². The molecule has 0 unspecified atom stereocenters. The minimum absolute atomic E-state index is 0.147. The van der Waals surface area contributed by atoms with Gasteiger partial charge in [0.2, 0.25) is 5.91 Å². The summed E-state index contributed by atoms with van der Waals surface area (Å²) in [5.41, 5.74) is 2.59. The van der Waals surface area contributed by atoms with E-state index in [0.29, 0.717) is 21.6 Å². The van der Waals surface area contributed by atoms with Gasteiger partial charge in [0.15, 0.2) is 11.0 Å². The fraction of sp³-hybridized carbons (Fsp3) is 0.478. The van der Waals surface area contributed by atoms with E-state index >= 15 is 0 Å². The zero-order valence-electron chi connectivity index (χ0n) is 19.4. The first-order valence-electron chi connectivity index (χ1n) is 11.0. The summed E-state index contributed by atoms with van der Waals surface area (Å²) in [5.74, 6) is 0.888. The molecule has 0 saturated carbocycles. The Morgan fingerprint density at radius 1 is 1.24 bits per heavy atom. The number of anilines is 1. The molecular formula is C23H28N4O3S3. The molecule has 1 N–H and O–H groups in total. The van der Waals surface area contributed by atoms with E-state index in [1.807, 2.05) is 0 Å². The Balaban J connectivity index is 1.49. The minimum Gasteiger partial charge on any atom is -0.465 e. The average Bonchev–Trinajstić information content (AvgIpc) is 3.53. The summed E-state index contributed by atoms with van der Waals surface area (Å²) in [5, 5.41) is 15.1. The van der Waals surface area contributed by atoms with Crippen LogP contribution in [0.5, 0.6) is 0 Å². The molecule has 0 aromatic carbocycles. The number of nitrogens with one attached hydrogen (secondary N) is 1. The molecule has 0 aliphatic heterocycles. The second kappa shape index (κ2) is 9.99. The number of carbonyl (C=O) groups is 2. The lowest BCUT2D eigenvalue weighted by Gasteiger charge is -2.13. The van der Waals surface area contributed by atoms with Gasteiger partial charge in [0, 0.05) is 26.7 Å². The van der Waals surface area contributed by atoms with Gasteiger partial charge < -0.3 is 10.1 Å². The molecule has 0 bridgehead atoms. The molecule has 7 nitrogen and oxygen atoms in total. The van der Waals surface area contributed by atoms with Crippen LogP contribution in [0.4, 0.5) is 5.00 Å². The Labute approximate surface area is 206 Å². The van der Waals surface area contributed by atoms with Gasteiger partial charge in [-0.25, -0.2) is 4.79 Å². The van der Waals surface area contributed by atoms with Crippen molar-refractivity contribution in [1.29, 1.82) is 0 Å². The molecule has 33 heavy (non-hydrogen) atoms. The Hall–Kier alpha value is -2.17. The topological polar surface area (TPSA) is 86.1 Å². The zero-order valence-corrected chi connectivity index (χ0v) is 21.9. The standard InChI is InChI=1S/C23H28N4O3S3/c1-12(2)17-9-14(10-31-17)20-25-26-23(27(20)13(3)4)32-11-18(28)24-21-19(22(29)30-5)15-7-6-8-16(15)33-21/h9-10,12-13H,6-8,11H2,1-5H3,(H,24,28). The van der Waals surface area contributed by atoms with E-state index in [0.717, 1.165) is 36.2 Å². The summed E-state index contributed by atoms with van der Waals surface area (Å²) in [4.78, 5) is 27.6. The van der Waals surface area contributed by atoms with Crippen LogP contribution in [0, 0.1) is 0 Å². The van der Waals surface area contributed by atoms with Crippen molar-refractivity contribution in [2.24, 2.45) is 0 Å². The smallest absolute Gasteiger partial charge is 0.341 e. The second-order valence-electron chi connectivity index (χ2n) is 8.55. The number of amides is 1. The number of esters is 1. The number of thiophene rings is 2. The van der Waals surface area contributed by atoms with Crippen molar-refractivity contribution >= 4 is 51.3 Å². The van der Waals surface area contributed by atoms with E-state index in [4.69, 9.17) is 4.74 Å². The van der Waals surface area contributed by atoms with Gasteiger partial charge >= 0.3 is 5.97 Å². The van der Waals surface area contributed by atoms with Crippen LogP contribution in [-0.4, -0.2) is 39.5 Å². The molecule has 1 aliphatic rings. The largest absolute Gasteiger partial charge is 0.465 e. The van der Waals surface area contributed by atoms with Crippen molar-refractivity contribution in [3.8, 4) is 11.4 Å². The van der Waals surface area contributed by atoms with Crippen LogP contribution in [0.15, 0.2) is 16.6 Å². The van der Waals surface area contributed by atoms with Crippen molar-refractivity contribution < 1.29 is 14.3 Å². The summed E-state index contributed by atoms with van der Waals surface area (Å²) in [7, 11) is 1.37. The van der Waals surface area contributed by atoms with Gasteiger partial charge in [-0.2, -0.15) is 0 Å². The highest BCUT2D eigenvalue weighted by Crippen LogP contribution is 2.39. The number of carbonyl (C=O) groups excluding carboxylic acids is 2. The number of nitrogens with zero attached hydrogens (tertiary/aromatic N) is 3. The van der Waals surface area contributed by atoms with Crippen molar-refractivity contribution in [2.75, 3.05) is 18.2 Å². The van der Waals surface area contributed by atoms with Crippen LogP contribution < -0.4 is 5.32 Å². The number of ether oxygens (including phenoxy) is 1. The monoisotopic (exact) mass is 504 g/mol. The number of hydrogen-bond donors (Lipinski definition) is 1. The first-order valence-corrected chi connectivity index (χ1v) is 13.7. The van der Waals surface area contributed by atoms with Gasteiger partial charge in [-0.1, -0.05) is 25.6 Å². The highest BCUT2D eigenvalue weighted by atomic mass is 32.2. The minimum atomic E-state index is -0.391. The second-order valence-corrected chi connectivity index (χ2v) is 11.5. The Morgan fingerprint density at radius 2 is 2.03 bits per heavy atom. The molecule has 0 spiro atoms. The van der Waals surface area contributed by atoms with Gasteiger partial charge in [-0.3, -0.25) is 9.36 Å². The van der Waals surface area contributed by atoms with Crippen molar-refractivity contribution in [3.63, 3.8) is 0 Å². The lowest BCUT2D eigenvalue weighted by molar-refractivity contribution is -0.113. The Bertz CT molecular complexity index is 1180. The fourth-order valence-corrected chi connectivity index (χ4v) is 6.98. The highest BCUT2D eigenvalue weighted by molar-refractivity contribution is 7.99. The van der Waals surface area contributed by atoms with Crippen LogP contribution in [0.25, 0.3) is 11.4 Å². The van der Waals surface area contributed by atoms with Crippen LogP contribution in [0.3, 0.4) is 0 Å². The SMILES string of the molecule is COC(=O)c1c(NC(=O)CSc2nnc(-c3csc(C(C)C)c3)n2C(C)C)sc2c1CCC2. The number of thioether (sulfide) groups is 1. The van der Waals surface area contributed by atoms with E-state index < -0.39 is 5.97 Å². The van der Waals surface area contributed by atoms with Gasteiger partial charge in [0.1, 0.15) is 5.00 Å². The van der Waals surface area contributed by atoms with Crippen molar-refractivity contribution in [2.45, 2.75) is 64.1 Å². The molecule has 10 heteroatoms. The molecule has 3 aromatic heterocycles. The molecule has 0 atom stereocenters. The number of aryl methyl sites for hydroxylation is 1. The number of hydrogen-bond acceptors (Lipinski definition) is 8. The summed E-state index contributed by atoms with van der Waals surface area (Å²) < 4.78 is 7.04. The predicted octanol–water partition coefficient (Wildman–Crippen LogP) is 5.78. The molecule has 1 amide bonds. The highest BCUT2D eigenvalue weighted by Gasteiger charge is 2.28. The third-order valence-electron chi connectivity index (χ3n) is 5.52. The van der Waals surface area contributed by atoms with E-state index in [1.54, 1.807) is 11.3 Å². The fourth-order valence-electron chi connectivity index (χ4n) is 3.91. The molecule has 3 heterocycles. The summed E-state index contributed by atoms with van der Waals surface area (Å²) in [6.45, 7) is 8.53. The molecule has 4 rings (SSSR count). The number of fused-ring (bicyclic) bond motifs is 1. The zero-order chi connectivity index (χ0) is 23.7. The number of rotatable bonds is 8. The number of aromatic nitrogens is 3. The van der Waals surface area contributed by atoms with E-state index in [2.05, 4.69) is 59.2 Å². The third kappa shape index (κ3) is 4.88. The van der Waals surface area contributed by atoms with E-state index in [1.165, 1.54) is 40.0 Å². The van der Waals surface area contributed by atoms with Crippen molar-refractivity contribution in [3.05, 3.63) is 32.3 Å². The summed E-state index contributed by atoms with van der Waals surface area (Å²) in [6.07, 6.45) is 2.82. The average molecular weight is 505 g/mol. The van der Waals surface area contributed by atoms with Gasteiger partial charge in [-0.05, 0) is 50.7 Å². The van der Waals surface area contributed by atoms with Gasteiger partial charge in [-0.15, -0.1) is 32.9 Å². The normalized spacial score (nSPS) is 13.1. The number of methoxy groups -OCH3 is 1. The maximum absolute atomic E-state index is 12.8. The lowest BCUT2D eigenvalue weighted by atomic mass is 10.1. The lowest BCUT2D eigenvalue weighted by Crippen LogP contribution is -2.17. The summed E-state index contributed by atoms with van der Waals surface area (Å²) in [6, 6.07) is 2.32. The summed E-state index contributed by atoms with van der Waals surface area (Å²) >= 11 is 4.56. The molecule has 0 saturated heterocycles. The Kier molecular flexibility index (Phi) is 7.25.